The summed E-state index contributed by atoms with van der Waals surface area (Å²) in [5, 5.41) is 7.44. The molecule has 3 aromatic carbocycles. The summed E-state index contributed by atoms with van der Waals surface area (Å²) in [6, 6.07) is 18.4. The van der Waals surface area contributed by atoms with Crippen molar-refractivity contribution in [3.8, 4) is 0 Å². The van der Waals surface area contributed by atoms with E-state index in [4.69, 9.17) is 0 Å². The van der Waals surface area contributed by atoms with Crippen LogP contribution in [0.2, 0.25) is 0 Å². The highest BCUT2D eigenvalue weighted by Crippen LogP contribution is 2.33. The van der Waals surface area contributed by atoms with Crippen molar-refractivity contribution in [3.05, 3.63) is 77.4 Å². The Bertz CT molecular complexity index is 1180. The highest BCUT2D eigenvalue weighted by Gasteiger charge is 2.50. The number of imide groups is 1. The second-order valence-corrected chi connectivity index (χ2v) is 7.84. The highest BCUT2D eigenvalue weighted by atomic mass is 16.2. The molecule has 30 heavy (non-hydrogen) atoms. The Balaban J connectivity index is 1.58. The van der Waals surface area contributed by atoms with Crippen molar-refractivity contribution < 1.29 is 14.4 Å². The van der Waals surface area contributed by atoms with Gasteiger partial charge in [-0.05, 0) is 48.7 Å². The summed E-state index contributed by atoms with van der Waals surface area (Å²) < 4.78 is 0. The normalized spacial score (nSPS) is 18.6. The standard InChI is InChI=1S/C24H23N3O3/c1-15-11-12-20(16(2)13-15)25-21(28)14-27-22(29)24(3,26-23(27)30)19-10-6-8-17-7-4-5-9-18(17)19/h4-13H,14H2,1-3H3,(H,25,28)(H,26,30)/t24-/m1/s1. The molecule has 1 aliphatic rings. The third-order valence-corrected chi connectivity index (χ3v) is 5.56. The molecule has 3 aromatic rings. The maximum atomic E-state index is 13.2. The van der Waals surface area contributed by atoms with Crippen LogP contribution < -0.4 is 10.6 Å². The molecule has 1 saturated heterocycles. The molecule has 0 bridgehead atoms. The van der Waals surface area contributed by atoms with E-state index in [0.717, 1.165) is 26.8 Å². The van der Waals surface area contributed by atoms with E-state index in [9.17, 15) is 14.4 Å². The van der Waals surface area contributed by atoms with Gasteiger partial charge in [0.25, 0.3) is 5.91 Å². The van der Waals surface area contributed by atoms with Crippen LogP contribution in [0.5, 0.6) is 0 Å². The number of hydrogen-bond acceptors (Lipinski definition) is 3. The first-order valence-corrected chi connectivity index (χ1v) is 9.79. The lowest BCUT2D eigenvalue weighted by Crippen LogP contribution is -2.42. The summed E-state index contributed by atoms with van der Waals surface area (Å²) in [5.41, 5.74) is 2.13. The average Bonchev–Trinajstić information content (AvgIpc) is 2.93. The average molecular weight is 401 g/mol. The van der Waals surface area contributed by atoms with Gasteiger partial charge in [0, 0.05) is 5.69 Å². The van der Waals surface area contributed by atoms with E-state index >= 15 is 0 Å². The van der Waals surface area contributed by atoms with E-state index in [1.165, 1.54) is 0 Å². The van der Waals surface area contributed by atoms with Crippen LogP contribution >= 0.6 is 0 Å². The number of carbonyl (C=O) groups excluding carboxylic acids is 3. The van der Waals surface area contributed by atoms with Crippen LogP contribution in [0.25, 0.3) is 10.8 Å². The molecule has 0 radical (unpaired) electrons. The number of fused-ring (bicyclic) bond motifs is 1. The zero-order chi connectivity index (χ0) is 21.5. The van der Waals surface area contributed by atoms with Gasteiger partial charge >= 0.3 is 6.03 Å². The van der Waals surface area contributed by atoms with Crippen LogP contribution in [0.3, 0.4) is 0 Å². The molecule has 0 aromatic heterocycles. The minimum absolute atomic E-state index is 0.349. The lowest BCUT2D eigenvalue weighted by Gasteiger charge is -2.24. The Labute approximate surface area is 174 Å². The quantitative estimate of drug-likeness (QED) is 0.652. The molecule has 1 fully saturated rings. The fourth-order valence-electron chi connectivity index (χ4n) is 3.97. The first-order chi connectivity index (χ1) is 14.3. The van der Waals surface area contributed by atoms with E-state index in [2.05, 4.69) is 10.6 Å². The third kappa shape index (κ3) is 3.30. The van der Waals surface area contributed by atoms with Gasteiger partial charge in [0.1, 0.15) is 12.1 Å². The number of amides is 4. The van der Waals surface area contributed by atoms with Gasteiger partial charge in [-0.1, -0.05) is 60.2 Å². The molecule has 0 unspecified atom stereocenters. The SMILES string of the molecule is Cc1ccc(NC(=O)CN2C(=O)N[C@](C)(c3cccc4ccccc34)C2=O)c(C)c1. The summed E-state index contributed by atoms with van der Waals surface area (Å²) in [4.78, 5) is 39.4. The van der Waals surface area contributed by atoms with E-state index in [1.807, 2.05) is 74.5 Å². The van der Waals surface area contributed by atoms with Crippen LogP contribution in [0, 0.1) is 13.8 Å². The first kappa shape index (κ1) is 19.6. The second-order valence-electron chi connectivity index (χ2n) is 7.84. The maximum absolute atomic E-state index is 13.2. The van der Waals surface area contributed by atoms with Gasteiger partial charge < -0.3 is 10.6 Å². The van der Waals surface area contributed by atoms with E-state index < -0.39 is 23.4 Å². The summed E-state index contributed by atoms with van der Waals surface area (Å²) in [7, 11) is 0. The lowest BCUT2D eigenvalue weighted by molar-refractivity contribution is -0.133. The van der Waals surface area contributed by atoms with Crippen LogP contribution in [-0.4, -0.2) is 29.3 Å². The van der Waals surface area contributed by atoms with Gasteiger partial charge in [0.15, 0.2) is 0 Å². The van der Waals surface area contributed by atoms with Gasteiger partial charge in [-0.3, -0.25) is 14.5 Å². The maximum Gasteiger partial charge on any atom is 0.325 e. The molecular weight excluding hydrogens is 378 g/mol. The number of rotatable bonds is 4. The molecule has 1 heterocycles. The van der Waals surface area contributed by atoms with Crippen molar-refractivity contribution in [1.29, 1.82) is 0 Å². The number of nitrogens with one attached hydrogen (secondary N) is 2. The smallest absolute Gasteiger partial charge is 0.324 e. The van der Waals surface area contributed by atoms with Crippen molar-refractivity contribution in [2.75, 3.05) is 11.9 Å². The molecule has 1 atom stereocenters. The van der Waals surface area contributed by atoms with Crippen LogP contribution in [0.4, 0.5) is 10.5 Å². The number of hydrogen-bond donors (Lipinski definition) is 2. The predicted octanol–water partition coefficient (Wildman–Crippen LogP) is 3.86. The Morgan fingerprint density at radius 3 is 2.53 bits per heavy atom. The van der Waals surface area contributed by atoms with Crippen LogP contribution in [0.15, 0.2) is 60.7 Å². The molecule has 0 aliphatic carbocycles. The van der Waals surface area contributed by atoms with Crippen LogP contribution in [0.1, 0.15) is 23.6 Å². The zero-order valence-corrected chi connectivity index (χ0v) is 17.2. The Kier molecular flexibility index (Phi) is 4.78. The number of urea groups is 1. The second kappa shape index (κ2) is 7.30. The van der Waals surface area contributed by atoms with E-state index in [-0.39, 0.29) is 6.54 Å². The molecule has 2 N–H and O–H groups in total. The highest BCUT2D eigenvalue weighted by molar-refractivity contribution is 6.11. The van der Waals surface area contributed by atoms with Gasteiger partial charge in [-0.2, -0.15) is 0 Å². The van der Waals surface area contributed by atoms with Gasteiger partial charge in [0.2, 0.25) is 5.91 Å². The summed E-state index contributed by atoms with van der Waals surface area (Å²) in [5.74, 6) is -0.868. The monoisotopic (exact) mass is 401 g/mol. The molecule has 4 rings (SSSR count). The molecule has 4 amide bonds. The van der Waals surface area contributed by atoms with E-state index in [1.54, 1.807) is 6.92 Å². The number of benzene rings is 3. The van der Waals surface area contributed by atoms with Crippen LogP contribution in [-0.2, 0) is 15.1 Å². The zero-order valence-electron chi connectivity index (χ0n) is 17.2. The summed E-state index contributed by atoms with van der Waals surface area (Å²) >= 11 is 0. The van der Waals surface area contributed by atoms with Gasteiger partial charge in [0.05, 0.1) is 0 Å². The van der Waals surface area contributed by atoms with Gasteiger partial charge in [-0.15, -0.1) is 0 Å². The molecule has 0 spiro atoms. The molecule has 1 aliphatic heterocycles. The number of carbonyl (C=O) groups is 3. The number of anilines is 1. The fraction of sp³-hybridized carbons (Fsp3) is 0.208. The molecule has 0 saturated carbocycles. The van der Waals surface area contributed by atoms with Gasteiger partial charge in [-0.25, -0.2) is 4.79 Å². The Hall–Kier alpha value is -3.67. The third-order valence-electron chi connectivity index (χ3n) is 5.56. The van der Waals surface area contributed by atoms with Crippen molar-refractivity contribution in [2.24, 2.45) is 0 Å². The lowest BCUT2D eigenvalue weighted by atomic mass is 9.88. The topological polar surface area (TPSA) is 78.5 Å². The first-order valence-electron chi connectivity index (χ1n) is 9.79. The van der Waals surface area contributed by atoms with Crippen molar-refractivity contribution in [1.82, 2.24) is 10.2 Å². The number of nitrogens with zero attached hydrogens (tertiary/aromatic N) is 1. The van der Waals surface area contributed by atoms with Crippen molar-refractivity contribution in [3.63, 3.8) is 0 Å². The molecule has 6 heteroatoms. The largest absolute Gasteiger partial charge is 0.325 e. The van der Waals surface area contributed by atoms with E-state index in [0.29, 0.717) is 11.3 Å². The minimum Gasteiger partial charge on any atom is -0.324 e. The minimum atomic E-state index is -1.24. The fourth-order valence-corrected chi connectivity index (χ4v) is 3.97. The summed E-state index contributed by atoms with van der Waals surface area (Å²) in [6.07, 6.45) is 0. The molecule has 6 nitrogen and oxygen atoms in total. The predicted molar refractivity (Wildman–Crippen MR) is 116 cm³/mol. The summed E-state index contributed by atoms with van der Waals surface area (Å²) in [6.45, 7) is 5.20. The van der Waals surface area contributed by atoms with Crippen molar-refractivity contribution in [2.45, 2.75) is 26.3 Å². The number of aryl methyl sites for hydroxylation is 2. The molecular formula is C24H23N3O3. The Morgan fingerprint density at radius 1 is 1.03 bits per heavy atom. The van der Waals surface area contributed by atoms with Crippen molar-refractivity contribution >= 4 is 34.3 Å². The molecule has 152 valence electrons. The Morgan fingerprint density at radius 2 is 1.77 bits per heavy atom.